The van der Waals surface area contributed by atoms with Crippen LogP contribution in [0.2, 0.25) is 0 Å². The van der Waals surface area contributed by atoms with Crippen molar-refractivity contribution in [3.05, 3.63) is 65.2 Å². The number of hydrogen-bond acceptors (Lipinski definition) is 2. The zero-order chi connectivity index (χ0) is 11.5. The number of aliphatic hydroxyl groups is 1. The van der Waals surface area contributed by atoms with Crippen LogP contribution in [0.5, 0.6) is 0 Å². The van der Waals surface area contributed by atoms with Crippen molar-refractivity contribution in [2.24, 2.45) is 0 Å². The molecule has 0 saturated heterocycles. The SMILES string of the molecule is Cc1cc([C@H](O)c2ccccn2)ccc1F. The minimum atomic E-state index is -0.805. The third-order valence-corrected chi connectivity index (χ3v) is 2.47. The Bertz CT molecular complexity index is 485. The number of benzene rings is 1. The minimum Gasteiger partial charge on any atom is -0.382 e. The molecular weight excluding hydrogens is 205 g/mol. The molecule has 1 N–H and O–H groups in total. The van der Waals surface area contributed by atoms with Crippen molar-refractivity contribution >= 4 is 0 Å². The van der Waals surface area contributed by atoms with E-state index < -0.39 is 6.10 Å². The predicted octanol–water partition coefficient (Wildman–Crippen LogP) is 2.61. The van der Waals surface area contributed by atoms with E-state index in [0.717, 1.165) is 0 Å². The van der Waals surface area contributed by atoms with Gasteiger partial charge in [-0.1, -0.05) is 18.2 Å². The third-order valence-electron chi connectivity index (χ3n) is 2.47. The first-order valence-corrected chi connectivity index (χ1v) is 5.03. The van der Waals surface area contributed by atoms with Crippen molar-refractivity contribution < 1.29 is 9.50 Å². The van der Waals surface area contributed by atoms with Crippen LogP contribution in [-0.4, -0.2) is 10.1 Å². The quantitative estimate of drug-likeness (QED) is 0.838. The van der Waals surface area contributed by atoms with Gasteiger partial charge in [0.25, 0.3) is 0 Å². The molecule has 0 spiro atoms. The first kappa shape index (κ1) is 10.8. The molecule has 0 saturated carbocycles. The van der Waals surface area contributed by atoms with Crippen LogP contribution in [0, 0.1) is 12.7 Å². The highest BCUT2D eigenvalue weighted by molar-refractivity contribution is 5.30. The van der Waals surface area contributed by atoms with Gasteiger partial charge in [-0.2, -0.15) is 0 Å². The summed E-state index contributed by atoms with van der Waals surface area (Å²) in [6, 6.07) is 9.89. The van der Waals surface area contributed by atoms with Gasteiger partial charge in [0.1, 0.15) is 11.9 Å². The normalized spacial score (nSPS) is 12.4. The Morgan fingerprint density at radius 2 is 2.06 bits per heavy atom. The monoisotopic (exact) mass is 217 g/mol. The topological polar surface area (TPSA) is 33.1 Å². The summed E-state index contributed by atoms with van der Waals surface area (Å²) in [7, 11) is 0. The number of aryl methyl sites for hydroxylation is 1. The second-order valence-corrected chi connectivity index (χ2v) is 3.67. The Morgan fingerprint density at radius 3 is 2.69 bits per heavy atom. The van der Waals surface area contributed by atoms with Crippen LogP contribution in [0.1, 0.15) is 22.9 Å². The van der Waals surface area contributed by atoms with Gasteiger partial charge >= 0.3 is 0 Å². The van der Waals surface area contributed by atoms with Crippen molar-refractivity contribution in [2.45, 2.75) is 13.0 Å². The second kappa shape index (κ2) is 4.41. The lowest BCUT2D eigenvalue weighted by Gasteiger charge is -2.11. The standard InChI is InChI=1S/C13H12FNO/c1-9-8-10(5-6-11(9)14)13(16)12-4-2-3-7-15-12/h2-8,13,16H,1H3/t13-/m0/s1. The summed E-state index contributed by atoms with van der Waals surface area (Å²) in [4.78, 5) is 4.06. The highest BCUT2D eigenvalue weighted by Crippen LogP contribution is 2.21. The van der Waals surface area contributed by atoms with E-state index in [9.17, 15) is 9.50 Å². The number of pyridine rings is 1. The van der Waals surface area contributed by atoms with E-state index in [0.29, 0.717) is 16.8 Å². The molecule has 0 fully saturated rings. The molecule has 2 aromatic rings. The predicted molar refractivity (Wildman–Crippen MR) is 59.4 cm³/mol. The first-order chi connectivity index (χ1) is 7.68. The zero-order valence-corrected chi connectivity index (χ0v) is 8.89. The Morgan fingerprint density at radius 1 is 1.25 bits per heavy atom. The Labute approximate surface area is 93.4 Å². The molecule has 16 heavy (non-hydrogen) atoms. The number of hydrogen-bond donors (Lipinski definition) is 1. The second-order valence-electron chi connectivity index (χ2n) is 3.67. The van der Waals surface area contributed by atoms with Crippen LogP contribution in [-0.2, 0) is 0 Å². The van der Waals surface area contributed by atoms with E-state index >= 15 is 0 Å². The van der Waals surface area contributed by atoms with Crippen LogP contribution >= 0.6 is 0 Å². The summed E-state index contributed by atoms with van der Waals surface area (Å²) in [5, 5.41) is 10.0. The van der Waals surface area contributed by atoms with Gasteiger partial charge in [-0.3, -0.25) is 4.98 Å². The van der Waals surface area contributed by atoms with E-state index in [1.165, 1.54) is 6.07 Å². The van der Waals surface area contributed by atoms with Gasteiger partial charge < -0.3 is 5.11 Å². The molecule has 1 heterocycles. The molecule has 0 radical (unpaired) electrons. The lowest BCUT2D eigenvalue weighted by atomic mass is 10.0. The maximum absolute atomic E-state index is 13.1. The number of aliphatic hydroxyl groups excluding tert-OH is 1. The van der Waals surface area contributed by atoms with Gasteiger partial charge in [-0.25, -0.2) is 4.39 Å². The Kier molecular flexibility index (Phi) is 2.97. The number of aromatic nitrogens is 1. The van der Waals surface area contributed by atoms with E-state index in [2.05, 4.69) is 4.98 Å². The fourth-order valence-corrected chi connectivity index (χ4v) is 1.55. The third kappa shape index (κ3) is 2.09. The lowest BCUT2D eigenvalue weighted by Crippen LogP contribution is -2.02. The summed E-state index contributed by atoms with van der Waals surface area (Å²) in [5.41, 5.74) is 1.73. The zero-order valence-electron chi connectivity index (χ0n) is 8.89. The molecule has 3 heteroatoms. The summed E-state index contributed by atoms with van der Waals surface area (Å²) >= 11 is 0. The molecule has 1 atom stereocenters. The smallest absolute Gasteiger partial charge is 0.126 e. The minimum absolute atomic E-state index is 0.267. The van der Waals surface area contributed by atoms with Crippen molar-refractivity contribution in [1.29, 1.82) is 0 Å². The Hall–Kier alpha value is -1.74. The summed E-state index contributed by atoms with van der Waals surface area (Å²) < 4.78 is 13.1. The fraction of sp³-hybridized carbons (Fsp3) is 0.154. The van der Waals surface area contributed by atoms with E-state index in [-0.39, 0.29) is 5.82 Å². The highest BCUT2D eigenvalue weighted by Gasteiger charge is 2.12. The molecule has 0 aliphatic rings. The van der Waals surface area contributed by atoms with Crippen molar-refractivity contribution in [1.82, 2.24) is 4.98 Å². The van der Waals surface area contributed by atoms with Gasteiger partial charge in [0.2, 0.25) is 0 Å². The van der Waals surface area contributed by atoms with Crippen LogP contribution in [0.4, 0.5) is 4.39 Å². The first-order valence-electron chi connectivity index (χ1n) is 5.03. The average Bonchev–Trinajstić information content (AvgIpc) is 2.33. The molecule has 0 amide bonds. The summed E-state index contributed by atoms with van der Waals surface area (Å²) in [5.74, 6) is -0.267. The van der Waals surface area contributed by atoms with E-state index in [4.69, 9.17) is 0 Å². The summed E-state index contributed by atoms with van der Waals surface area (Å²) in [6.45, 7) is 1.67. The van der Waals surface area contributed by atoms with Crippen molar-refractivity contribution in [3.63, 3.8) is 0 Å². The lowest BCUT2D eigenvalue weighted by molar-refractivity contribution is 0.215. The molecule has 2 rings (SSSR count). The van der Waals surface area contributed by atoms with E-state index in [1.807, 2.05) is 6.07 Å². The number of rotatable bonds is 2. The molecule has 0 unspecified atom stereocenters. The van der Waals surface area contributed by atoms with Crippen molar-refractivity contribution in [3.8, 4) is 0 Å². The van der Waals surface area contributed by atoms with Crippen LogP contribution < -0.4 is 0 Å². The van der Waals surface area contributed by atoms with E-state index in [1.54, 1.807) is 37.4 Å². The van der Waals surface area contributed by atoms with Crippen molar-refractivity contribution in [2.75, 3.05) is 0 Å². The van der Waals surface area contributed by atoms with Gasteiger partial charge in [-0.15, -0.1) is 0 Å². The van der Waals surface area contributed by atoms with Gasteiger partial charge in [-0.05, 0) is 36.2 Å². The fourth-order valence-electron chi connectivity index (χ4n) is 1.55. The molecule has 82 valence electrons. The number of nitrogens with zero attached hydrogens (tertiary/aromatic N) is 1. The molecular formula is C13H12FNO. The average molecular weight is 217 g/mol. The number of halogens is 1. The summed E-state index contributed by atoms with van der Waals surface area (Å²) in [6.07, 6.45) is 0.815. The molecule has 1 aromatic heterocycles. The molecule has 0 aliphatic carbocycles. The molecule has 0 aliphatic heterocycles. The van der Waals surface area contributed by atoms with Crippen LogP contribution in [0.15, 0.2) is 42.6 Å². The largest absolute Gasteiger partial charge is 0.382 e. The van der Waals surface area contributed by atoms with Gasteiger partial charge in [0.05, 0.1) is 5.69 Å². The molecule has 1 aromatic carbocycles. The maximum atomic E-state index is 13.1. The van der Waals surface area contributed by atoms with Crippen LogP contribution in [0.25, 0.3) is 0 Å². The Balaban J connectivity index is 2.34. The van der Waals surface area contributed by atoms with Gasteiger partial charge in [0.15, 0.2) is 0 Å². The van der Waals surface area contributed by atoms with Crippen LogP contribution in [0.3, 0.4) is 0 Å². The highest BCUT2D eigenvalue weighted by atomic mass is 19.1. The maximum Gasteiger partial charge on any atom is 0.126 e. The molecule has 2 nitrogen and oxygen atoms in total. The molecule has 0 bridgehead atoms. The van der Waals surface area contributed by atoms with Gasteiger partial charge in [0, 0.05) is 6.20 Å².